The van der Waals surface area contributed by atoms with E-state index < -0.39 is 23.6 Å². The Morgan fingerprint density at radius 3 is 2.61 bits per heavy atom. The Morgan fingerprint density at radius 2 is 1.83 bits per heavy atom. The Labute approximate surface area is 132 Å². The van der Waals surface area contributed by atoms with Crippen molar-refractivity contribution in [1.82, 2.24) is 5.32 Å². The Balaban J connectivity index is 1.77. The van der Waals surface area contributed by atoms with Crippen LogP contribution in [0.25, 0.3) is 0 Å². The van der Waals surface area contributed by atoms with Gasteiger partial charge in [-0.15, -0.1) is 0 Å². The molecule has 1 heterocycles. The van der Waals surface area contributed by atoms with Gasteiger partial charge in [-0.3, -0.25) is 4.79 Å². The van der Waals surface area contributed by atoms with Crippen LogP contribution in [0.15, 0.2) is 36.4 Å². The summed E-state index contributed by atoms with van der Waals surface area (Å²) in [7, 11) is 0. The Morgan fingerprint density at radius 1 is 1.09 bits per heavy atom. The van der Waals surface area contributed by atoms with Crippen LogP contribution in [0.2, 0.25) is 0 Å². The predicted molar refractivity (Wildman–Crippen MR) is 79.7 cm³/mol. The van der Waals surface area contributed by atoms with Gasteiger partial charge in [-0.05, 0) is 42.8 Å². The number of benzene rings is 2. The van der Waals surface area contributed by atoms with Crippen LogP contribution in [0.4, 0.5) is 8.78 Å². The third kappa shape index (κ3) is 3.26. The molecule has 0 saturated carbocycles. The van der Waals surface area contributed by atoms with E-state index >= 15 is 0 Å². The van der Waals surface area contributed by atoms with Gasteiger partial charge in [0.25, 0.3) is 5.91 Å². The summed E-state index contributed by atoms with van der Waals surface area (Å²) >= 11 is 0. The van der Waals surface area contributed by atoms with Crippen LogP contribution < -0.4 is 14.8 Å². The third-order valence-electron chi connectivity index (χ3n) is 3.59. The molecule has 1 aliphatic rings. The molecule has 1 atom stereocenters. The van der Waals surface area contributed by atoms with E-state index in [1.54, 1.807) is 25.1 Å². The number of fused-ring (bicyclic) bond motifs is 1. The van der Waals surface area contributed by atoms with Crippen molar-refractivity contribution in [3.8, 4) is 11.5 Å². The first-order valence-corrected chi connectivity index (χ1v) is 7.20. The molecule has 23 heavy (non-hydrogen) atoms. The van der Waals surface area contributed by atoms with Crippen LogP contribution in [-0.2, 0) is 0 Å². The number of halogens is 2. The fourth-order valence-electron chi connectivity index (χ4n) is 2.36. The molecule has 0 spiro atoms. The van der Waals surface area contributed by atoms with E-state index in [4.69, 9.17) is 9.47 Å². The Bertz CT molecular complexity index is 749. The molecule has 6 heteroatoms. The smallest absolute Gasteiger partial charge is 0.254 e. The van der Waals surface area contributed by atoms with Crippen molar-refractivity contribution in [2.24, 2.45) is 0 Å². The lowest BCUT2D eigenvalue weighted by atomic mass is 10.1. The fraction of sp³-hybridized carbons (Fsp3) is 0.235. The molecule has 0 aromatic heterocycles. The average molecular weight is 319 g/mol. The van der Waals surface area contributed by atoms with Gasteiger partial charge in [-0.1, -0.05) is 6.07 Å². The van der Waals surface area contributed by atoms with Gasteiger partial charge in [0.05, 0.1) is 11.6 Å². The van der Waals surface area contributed by atoms with Gasteiger partial charge < -0.3 is 14.8 Å². The minimum atomic E-state index is -0.765. The van der Waals surface area contributed by atoms with Crippen LogP contribution in [0.5, 0.6) is 11.5 Å². The Hall–Kier alpha value is -2.63. The summed E-state index contributed by atoms with van der Waals surface area (Å²) in [5.41, 5.74) is 0.453. The van der Waals surface area contributed by atoms with E-state index in [0.717, 1.165) is 23.8 Å². The molecule has 1 N–H and O–H groups in total. The van der Waals surface area contributed by atoms with Crippen molar-refractivity contribution < 1.29 is 23.0 Å². The number of rotatable bonds is 3. The third-order valence-corrected chi connectivity index (χ3v) is 3.59. The average Bonchev–Trinajstić information content (AvgIpc) is 2.56. The van der Waals surface area contributed by atoms with Gasteiger partial charge >= 0.3 is 0 Å². The standard InChI is InChI=1S/C17H15F2NO3/c1-10(11-2-5-15-16(8-11)23-7-6-22-15)20-17(21)13-9-12(18)3-4-14(13)19/h2-5,8-10H,6-7H2,1H3,(H,20,21)/t10-/m0/s1. The van der Waals surface area contributed by atoms with E-state index in [2.05, 4.69) is 5.32 Å². The highest BCUT2D eigenvalue weighted by Gasteiger charge is 2.18. The second-order valence-corrected chi connectivity index (χ2v) is 5.22. The SMILES string of the molecule is C[C@H](NC(=O)c1cc(F)ccc1F)c1ccc2c(c1)OCCO2. The maximum absolute atomic E-state index is 13.6. The molecule has 1 aliphatic heterocycles. The van der Waals surface area contributed by atoms with Crippen LogP contribution in [0.3, 0.4) is 0 Å². The summed E-state index contributed by atoms with van der Waals surface area (Å²) in [6, 6.07) is 7.69. The maximum atomic E-state index is 13.6. The summed E-state index contributed by atoms with van der Waals surface area (Å²) in [6.45, 7) is 2.71. The molecular weight excluding hydrogens is 304 g/mol. The second-order valence-electron chi connectivity index (χ2n) is 5.22. The Kier molecular flexibility index (Phi) is 4.14. The van der Waals surface area contributed by atoms with Crippen molar-refractivity contribution in [3.05, 3.63) is 59.2 Å². The molecule has 3 rings (SSSR count). The van der Waals surface area contributed by atoms with Gasteiger partial charge in [0, 0.05) is 0 Å². The molecule has 0 aliphatic carbocycles. The summed E-state index contributed by atoms with van der Waals surface area (Å²) in [5.74, 6) is -0.854. The molecule has 0 radical (unpaired) electrons. The number of amides is 1. The monoisotopic (exact) mass is 319 g/mol. The van der Waals surface area contributed by atoms with Crippen LogP contribution >= 0.6 is 0 Å². The number of carbonyl (C=O) groups is 1. The normalized spacial score (nSPS) is 14.2. The molecule has 0 fully saturated rings. The molecule has 2 aromatic carbocycles. The maximum Gasteiger partial charge on any atom is 0.254 e. The molecule has 0 unspecified atom stereocenters. The quantitative estimate of drug-likeness (QED) is 0.945. The first-order chi connectivity index (χ1) is 11.0. The number of hydrogen-bond donors (Lipinski definition) is 1. The van der Waals surface area contributed by atoms with Crippen LogP contribution in [-0.4, -0.2) is 19.1 Å². The van der Waals surface area contributed by atoms with Crippen molar-refractivity contribution in [3.63, 3.8) is 0 Å². The number of nitrogens with one attached hydrogen (secondary N) is 1. The minimum absolute atomic E-state index is 0.325. The summed E-state index contributed by atoms with van der Waals surface area (Å²) in [5, 5.41) is 2.65. The molecule has 120 valence electrons. The van der Waals surface area contributed by atoms with Crippen molar-refractivity contribution >= 4 is 5.91 Å². The number of hydrogen-bond acceptors (Lipinski definition) is 3. The lowest BCUT2D eigenvalue weighted by Crippen LogP contribution is -2.27. The highest BCUT2D eigenvalue weighted by Crippen LogP contribution is 2.32. The van der Waals surface area contributed by atoms with Gasteiger partial charge in [-0.25, -0.2) is 8.78 Å². The van der Waals surface area contributed by atoms with E-state index in [-0.39, 0.29) is 5.56 Å². The molecule has 0 saturated heterocycles. The fourth-order valence-corrected chi connectivity index (χ4v) is 2.36. The van der Waals surface area contributed by atoms with Gasteiger partial charge in [-0.2, -0.15) is 0 Å². The van der Waals surface area contributed by atoms with Crippen molar-refractivity contribution in [1.29, 1.82) is 0 Å². The topological polar surface area (TPSA) is 47.6 Å². The first-order valence-electron chi connectivity index (χ1n) is 7.20. The zero-order valence-corrected chi connectivity index (χ0v) is 12.4. The molecule has 2 aromatic rings. The highest BCUT2D eigenvalue weighted by molar-refractivity contribution is 5.94. The van der Waals surface area contributed by atoms with Crippen LogP contribution in [0, 0.1) is 11.6 Å². The largest absolute Gasteiger partial charge is 0.486 e. The van der Waals surface area contributed by atoms with E-state index in [1.807, 2.05) is 0 Å². The summed E-state index contributed by atoms with van der Waals surface area (Å²) in [4.78, 5) is 12.1. The second kappa shape index (κ2) is 6.24. The first kappa shape index (κ1) is 15.3. The van der Waals surface area contributed by atoms with Gasteiger partial charge in [0.15, 0.2) is 11.5 Å². The molecule has 4 nitrogen and oxygen atoms in total. The lowest BCUT2D eigenvalue weighted by molar-refractivity contribution is 0.0935. The zero-order chi connectivity index (χ0) is 16.4. The van der Waals surface area contributed by atoms with Crippen LogP contribution in [0.1, 0.15) is 28.9 Å². The van der Waals surface area contributed by atoms with Gasteiger partial charge in [0.2, 0.25) is 0 Å². The van der Waals surface area contributed by atoms with Gasteiger partial charge in [0.1, 0.15) is 24.8 Å². The number of ether oxygens (including phenoxy) is 2. The zero-order valence-electron chi connectivity index (χ0n) is 12.4. The highest BCUT2D eigenvalue weighted by atomic mass is 19.1. The van der Waals surface area contributed by atoms with Crippen molar-refractivity contribution in [2.75, 3.05) is 13.2 Å². The lowest BCUT2D eigenvalue weighted by Gasteiger charge is -2.21. The van der Waals surface area contributed by atoms with E-state index in [1.165, 1.54) is 0 Å². The van der Waals surface area contributed by atoms with E-state index in [0.29, 0.717) is 24.7 Å². The minimum Gasteiger partial charge on any atom is -0.486 e. The van der Waals surface area contributed by atoms with E-state index in [9.17, 15) is 13.6 Å². The molecule has 1 amide bonds. The summed E-state index contributed by atoms with van der Waals surface area (Å²) < 4.78 is 37.7. The summed E-state index contributed by atoms with van der Waals surface area (Å²) in [6.07, 6.45) is 0. The number of carbonyl (C=O) groups excluding carboxylic acids is 1. The molecule has 0 bridgehead atoms. The van der Waals surface area contributed by atoms with Crippen molar-refractivity contribution in [2.45, 2.75) is 13.0 Å². The molecular formula is C17H15F2NO3. The predicted octanol–water partition coefficient (Wildman–Crippen LogP) is 3.23.